The Labute approximate surface area is 349 Å². The highest BCUT2D eigenvalue weighted by Gasteiger charge is 2.36. The summed E-state index contributed by atoms with van der Waals surface area (Å²) in [6.45, 7) is 28.2. The first-order chi connectivity index (χ1) is 25.4. The van der Waals surface area contributed by atoms with Crippen LogP contribution < -0.4 is 10.0 Å². The summed E-state index contributed by atoms with van der Waals surface area (Å²) in [5.74, 6) is 1.10. The predicted molar refractivity (Wildman–Crippen MR) is 241 cm³/mol. The highest BCUT2D eigenvalue weighted by Crippen LogP contribution is 2.36. The lowest BCUT2D eigenvalue weighted by atomic mass is 9.80. The molecule has 57 heavy (non-hydrogen) atoms. The van der Waals surface area contributed by atoms with Gasteiger partial charge in [0.15, 0.2) is 5.78 Å². The second-order valence-electron chi connectivity index (χ2n) is 18.3. The Balaban J connectivity index is 0.000000776. The Hall–Kier alpha value is -3.24. The number of fused-ring (bicyclic) bond motifs is 3. The first-order valence-electron chi connectivity index (χ1n) is 20.4. The number of alkyl carbamates (subject to hydrolysis) is 1. The summed E-state index contributed by atoms with van der Waals surface area (Å²) in [7, 11) is -2.94. The maximum atomic E-state index is 12.4. The van der Waals surface area contributed by atoms with Gasteiger partial charge in [0.2, 0.25) is 10.0 Å². The molecule has 2 aromatic rings. The molecule has 2 aromatic carbocycles. The number of amides is 1. The number of carbonyl (C=O) groups excluding carboxylic acids is 2. The second-order valence-corrected chi connectivity index (χ2v) is 20.3. The number of carbonyl (C=O) groups is 2. The van der Waals surface area contributed by atoms with Crippen LogP contribution >= 0.6 is 0 Å². The summed E-state index contributed by atoms with van der Waals surface area (Å²) in [6.07, 6.45) is 6.82. The molecule has 0 radical (unpaired) electrons. The van der Waals surface area contributed by atoms with Crippen LogP contribution in [0.4, 0.5) is 4.79 Å². The topological polar surface area (TPSA) is 123 Å². The maximum Gasteiger partial charge on any atom is 0.408 e. The molecule has 3 aliphatic rings. The zero-order chi connectivity index (χ0) is 41.7. The van der Waals surface area contributed by atoms with Gasteiger partial charge in [-0.1, -0.05) is 136 Å². The third-order valence-corrected chi connectivity index (χ3v) is 11.9. The Morgan fingerprint density at radius 3 is 1.51 bits per heavy atom. The third kappa shape index (κ3) is 18.9. The minimum Gasteiger partial charge on any atom is -0.444 e. The molecule has 1 atom stereocenters. The van der Waals surface area contributed by atoms with Gasteiger partial charge in [0, 0.05) is 23.1 Å². The summed E-state index contributed by atoms with van der Waals surface area (Å²) in [5.41, 5.74) is 5.68. The maximum absolute atomic E-state index is 12.4. The number of ketones is 1. The minimum atomic E-state index is -2.94. The molecule has 0 aliphatic heterocycles. The van der Waals surface area contributed by atoms with Gasteiger partial charge in [-0.05, 0) is 103 Å². The average Bonchev–Trinajstić information content (AvgIpc) is 3.90. The van der Waals surface area contributed by atoms with E-state index in [2.05, 4.69) is 86.2 Å². The molecule has 9 nitrogen and oxygen atoms in total. The van der Waals surface area contributed by atoms with E-state index in [0.29, 0.717) is 5.41 Å². The van der Waals surface area contributed by atoms with Gasteiger partial charge in [-0.25, -0.2) is 17.9 Å². The van der Waals surface area contributed by atoms with Crippen molar-refractivity contribution < 1.29 is 27.6 Å². The molecular weight excluding hydrogens is 735 g/mol. The van der Waals surface area contributed by atoms with Crippen molar-refractivity contribution in [3.63, 3.8) is 0 Å². The van der Waals surface area contributed by atoms with Crippen molar-refractivity contribution in [3.05, 3.63) is 59.7 Å². The van der Waals surface area contributed by atoms with Crippen LogP contribution in [-0.4, -0.2) is 55.0 Å². The summed E-state index contributed by atoms with van der Waals surface area (Å²) in [6, 6.07) is 16.3. The van der Waals surface area contributed by atoms with Gasteiger partial charge in [0.1, 0.15) is 17.4 Å². The first-order valence-corrected chi connectivity index (χ1v) is 22.0. The molecule has 0 aromatic heterocycles. The molecule has 0 unspecified atom stereocenters. The van der Waals surface area contributed by atoms with E-state index < -0.39 is 27.8 Å². The van der Waals surface area contributed by atoms with Crippen LogP contribution in [0.2, 0.25) is 0 Å². The van der Waals surface area contributed by atoms with E-state index in [-0.39, 0.29) is 49.9 Å². The van der Waals surface area contributed by atoms with Crippen LogP contribution in [-0.2, 0) is 24.4 Å². The smallest absolute Gasteiger partial charge is 0.408 e. The molecule has 0 heterocycles. The first kappa shape index (κ1) is 53.8. The largest absolute Gasteiger partial charge is 0.444 e. The molecule has 10 heteroatoms. The van der Waals surface area contributed by atoms with E-state index in [1.807, 2.05) is 74.4 Å². The fraction of sp³-hybridized carbons (Fsp3) is 0.681. The molecule has 1 amide bonds. The normalized spacial score (nSPS) is 15.5. The van der Waals surface area contributed by atoms with Crippen LogP contribution in [0.5, 0.6) is 0 Å². The predicted octanol–water partition coefficient (Wildman–Crippen LogP) is 12.0. The van der Waals surface area contributed by atoms with Crippen LogP contribution in [0.25, 0.3) is 11.1 Å². The Kier molecular flexibility index (Phi) is 22.6. The lowest BCUT2D eigenvalue weighted by Gasteiger charge is -2.31. The van der Waals surface area contributed by atoms with Crippen molar-refractivity contribution in [3.8, 4) is 11.1 Å². The highest BCUT2D eigenvalue weighted by atomic mass is 32.2. The zero-order valence-corrected chi connectivity index (χ0v) is 37.2. The van der Waals surface area contributed by atoms with Crippen molar-refractivity contribution in [1.29, 1.82) is 0 Å². The summed E-state index contributed by atoms with van der Waals surface area (Å²) in [4.78, 5) is 29.8. The van der Waals surface area contributed by atoms with Crippen LogP contribution in [0.3, 0.4) is 0 Å². The van der Waals surface area contributed by atoms with Gasteiger partial charge < -0.3 is 14.9 Å². The summed E-state index contributed by atoms with van der Waals surface area (Å²) < 4.78 is 30.0. The highest BCUT2D eigenvalue weighted by molar-refractivity contribution is 7.90. The SMILES string of the molecule is C.C.CC(C)C(=O)[C@@H](NC(=O)OC(C)(C)C)C1CCCCC1.CC(C)C(C)(C)C.CC(C)NS(=O)(=O)C1CC1.CC(C)ON=C1c2ccccc2-c2ccccc21. The van der Waals surface area contributed by atoms with Gasteiger partial charge in [0.05, 0.1) is 11.3 Å². The molecule has 2 fully saturated rings. The minimum absolute atomic E-state index is 0. The van der Waals surface area contributed by atoms with E-state index in [9.17, 15) is 18.0 Å². The van der Waals surface area contributed by atoms with Crippen LogP contribution in [0.15, 0.2) is 53.7 Å². The van der Waals surface area contributed by atoms with Gasteiger partial charge in [0.25, 0.3) is 0 Å². The molecule has 326 valence electrons. The Bertz CT molecular complexity index is 1590. The molecule has 0 saturated heterocycles. The number of benzene rings is 2. The molecule has 0 spiro atoms. The number of hydrogen-bond acceptors (Lipinski definition) is 7. The molecular formula is C47H81N3O6S. The number of ether oxygens (including phenoxy) is 1. The number of hydrogen-bond donors (Lipinski definition) is 2. The molecule has 2 saturated carbocycles. The van der Waals surface area contributed by atoms with Crippen molar-refractivity contribution in [1.82, 2.24) is 10.0 Å². The Morgan fingerprint density at radius 1 is 0.719 bits per heavy atom. The van der Waals surface area contributed by atoms with E-state index in [4.69, 9.17) is 9.57 Å². The molecule has 5 rings (SSSR count). The van der Waals surface area contributed by atoms with Crippen LogP contribution in [0, 0.1) is 23.2 Å². The Morgan fingerprint density at radius 2 is 1.16 bits per heavy atom. The lowest BCUT2D eigenvalue weighted by molar-refractivity contribution is -0.125. The van der Waals surface area contributed by atoms with Crippen molar-refractivity contribution in [2.75, 3.05) is 0 Å². The van der Waals surface area contributed by atoms with Crippen molar-refractivity contribution in [2.24, 2.45) is 28.3 Å². The van der Waals surface area contributed by atoms with E-state index in [1.165, 1.54) is 17.5 Å². The average molecular weight is 816 g/mol. The number of rotatable bonds is 9. The van der Waals surface area contributed by atoms with Gasteiger partial charge in [-0.15, -0.1) is 0 Å². The number of nitrogens with one attached hydrogen (secondary N) is 2. The fourth-order valence-electron chi connectivity index (χ4n) is 5.74. The summed E-state index contributed by atoms with van der Waals surface area (Å²) >= 11 is 0. The zero-order valence-electron chi connectivity index (χ0n) is 36.4. The van der Waals surface area contributed by atoms with Gasteiger partial charge in [-0.3, -0.25) is 4.79 Å². The van der Waals surface area contributed by atoms with Crippen molar-refractivity contribution in [2.45, 2.75) is 186 Å². The van der Waals surface area contributed by atoms with E-state index in [1.54, 1.807) is 0 Å². The van der Waals surface area contributed by atoms with Gasteiger partial charge in [-0.2, -0.15) is 0 Å². The number of Topliss-reactive ketones (excluding diaryl/α,β-unsaturated/α-hetero) is 1. The number of nitrogens with zero attached hydrogens (tertiary/aromatic N) is 1. The fourth-order valence-corrected chi connectivity index (χ4v) is 7.34. The molecule has 2 N–H and O–H groups in total. The van der Waals surface area contributed by atoms with E-state index >= 15 is 0 Å². The quantitative estimate of drug-likeness (QED) is 0.207. The molecule has 0 bridgehead atoms. The van der Waals surface area contributed by atoms with Gasteiger partial charge >= 0.3 is 6.09 Å². The van der Waals surface area contributed by atoms with E-state index in [0.717, 1.165) is 61.3 Å². The number of oxime groups is 1. The summed E-state index contributed by atoms with van der Waals surface area (Å²) in [5, 5.41) is 7.05. The van der Waals surface area contributed by atoms with Crippen LogP contribution in [0.1, 0.15) is 168 Å². The number of sulfonamides is 1. The second kappa shape index (κ2) is 24.0. The third-order valence-electron chi connectivity index (χ3n) is 9.77. The standard InChI is InChI=1S/C16H29NO3.C16H15NO.C7H16.C6H13NO2S.2CH4/c1-11(2)14(18)13(12-9-7-6-8-10-12)17-15(19)20-16(3,4)5;1-11(2)18-17-16-14-9-5-3-7-12(14)13-8-4-6-10-15(13)16;1-6(2)7(3,4)5;1-5(2)7-10(8,9)6-3-4-6;;/h11-13H,6-10H2,1-5H3,(H,17,19);3-11H,1-2H3;6H,1-5H3;5-7H,3-4H2,1-2H3;2*1H4/t13-;;;;;/m0...../s1. The lowest BCUT2D eigenvalue weighted by Crippen LogP contribution is -2.49. The monoisotopic (exact) mass is 816 g/mol. The van der Waals surface area contributed by atoms with Crippen molar-refractivity contribution >= 4 is 27.6 Å². The molecule has 3 aliphatic carbocycles.